The van der Waals surface area contributed by atoms with Gasteiger partial charge in [0.05, 0.1) is 5.56 Å². The van der Waals surface area contributed by atoms with Crippen LogP contribution < -0.4 is 5.32 Å². The number of nitrogens with zero attached hydrogens (tertiary/aromatic N) is 1. The lowest BCUT2D eigenvalue weighted by molar-refractivity contribution is 0.0694. The fraction of sp³-hybridized carbons (Fsp3) is 0.294. The Labute approximate surface area is 127 Å². The number of nitrogens with one attached hydrogen (secondary N) is 1. The molecule has 2 N–H and O–H groups in total. The van der Waals surface area contributed by atoms with Crippen molar-refractivity contribution in [1.29, 1.82) is 0 Å². The van der Waals surface area contributed by atoms with Crippen molar-refractivity contribution >= 4 is 17.5 Å². The summed E-state index contributed by atoms with van der Waals surface area (Å²) >= 11 is 0. The number of aromatic nitrogens is 1. The molecule has 2 atom stereocenters. The first-order chi connectivity index (χ1) is 10.6. The summed E-state index contributed by atoms with van der Waals surface area (Å²) in [5.41, 5.74) is 2.88. The van der Waals surface area contributed by atoms with Crippen molar-refractivity contribution in [3.63, 3.8) is 0 Å². The van der Waals surface area contributed by atoms with Crippen molar-refractivity contribution in [3.8, 4) is 0 Å². The predicted octanol–water partition coefficient (Wildman–Crippen LogP) is 4.03. The van der Waals surface area contributed by atoms with Gasteiger partial charge in [-0.3, -0.25) is 0 Å². The minimum atomic E-state index is -0.923. The first kappa shape index (κ1) is 13.2. The zero-order valence-electron chi connectivity index (χ0n) is 11.8. The average Bonchev–Trinajstić information content (AvgIpc) is 3.09. The first-order valence-electron chi connectivity index (χ1n) is 7.42. The van der Waals surface area contributed by atoms with E-state index in [1.165, 1.54) is 18.3 Å². The lowest BCUT2D eigenvalue weighted by Crippen LogP contribution is -2.11. The van der Waals surface area contributed by atoms with Crippen molar-refractivity contribution in [1.82, 2.24) is 4.98 Å². The monoisotopic (exact) mass is 298 g/mol. The molecule has 4 rings (SSSR count). The maximum Gasteiger partial charge on any atom is 0.337 e. The van der Waals surface area contributed by atoms with Crippen molar-refractivity contribution in [2.45, 2.75) is 31.1 Å². The molecule has 5 heteroatoms. The summed E-state index contributed by atoms with van der Waals surface area (Å²) in [6.07, 6.45) is 4.53. The van der Waals surface area contributed by atoms with E-state index in [1.54, 1.807) is 12.1 Å². The van der Waals surface area contributed by atoms with E-state index in [2.05, 4.69) is 10.3 Å². The van der Waals surface area contributed by atoms with Crippen LogP contribution in [0.15, 0.2) is 30.5 Å². The van der Waals surface area contributed by atoms with Gasteiger partial charge in [-0.15, -0.1) is 0 Å². The lowest BCUT2D eigenvalue weighted by Gasteiger charge is -2.20. The van der Waals surface area contributed by atoms with Crippen molar-refractivity contribution in [3.05, 3.63) is 53.0 Å². The average molecular weight is 298 g/mol. The first-order valence-corrected chi connectivity index (χ1v) is 7.42. The molecule has 1 heterocycles. The Kier molecular flexibility index (Phi) is 2.89. The number of halogens is 1. The van der Waals surface area contributed by atoms with Gasteiger partial charge in [-0.1, -0.05) is 6.07 Å². The van der Waals surface area contributed by atoms with Crippen molar-refractivity contribution < 1.29 is 14.3 Å². The Balaban J connectivity index is 1.80. The number of hydrogen-bond donors (Lipinski definition) is 2. The highest BCUT2D eigenvalue weighted by molar-refractivity contribution is 5.91. The third kappa shape index (κ3) is 1.96. The molecule has 1 aromatic carbocycles. The molecule has 1 fully saturated rings. The van der Waals surface area contributed by atoms with Crippen molar-refractivity contribution in [2.24, 2.45) is 0 Å². The molecule has 0 spiro atoms. The van der Waals surface area contributed by atoms with Crippen molar-refractivity contribution in [2.75, 3.05) is 5.32 Å². The Morgan fingerprint density at radius 2 is 2.05 bits per heavy atom. The van der Waals surface area contributed by atoms with Gasteiger partial charge in [0.2, 0.25) is 0 Å². The van der Waals surface area contributed by atoms with E-state index in [-0.39, 0.29) is 5.82 Å². The second-order valence-corrected chi connectivity index (χ2v) is 6.00. The standard InChI is InChI=1S/C17H15FN2O2/c18-11-2-1-3-12(7-11)20-16-15-10-5-4-9(6-10)14(15)13(8-19-16)17(21)22/h1-3,7-10H,4-6H2,(H,19,20)(H,21,22). The van der Waals surface area contributed by atoms with Gasteiger partial charge in [0.15, 0.2) is 0 Å². The number of fused-ring (bicyclic) bond motifs is 5. The van der Waals surface area contributed by atoms with Gasteiger partial charge in [-0.2, -0.15) is 0 Å². The summed E-state index contributed by atoms with van der Waals surface area (Å²) < 4.78 is 13.3. The highest BCUT2D eigenvalue weighted by atomic mass is 19.1. The van der Waals surface area contributed by atoms with Crippen LogP contribution in [0, 0.1) is 5.82 Å². The number of rotatable bonds is 3. The quantitative estimate of drug-likeness (QED) is 0.898. The molecule has 4 nitrogen and oxygen atoms in total. The van der Waals surface area contributed by atoms with E-state index in [9.17, 15) is 14.3 Å². The number of hydrogen-bond acceptors (Lipinski definition) is 3. The summed E-state index contributed by atoms with van der Waals surface area (Å²) in [5, 5.41) is 12.5. The van der Waals surface area contributed by atoms with E-state index in [0.717, 1.165) is 30.4 Å². The minimum absolute atomic E-state index is 0.312. The number of carboxylic acids is 1. The van der Waals surface area contributed by atoms with Crippen LogP contribution >= 0.6 is 0 Å². The number of carboxylic acid groups (broad SMARTS) is 1. The molecule has 1 aromatic heterocycles. The SMILES string of the molecule is O=C(O)c1cnc(Nc2cccc(F)c2)c2c1C1CCC2C1. The number of carbonyl (C=O) groups is 1. The summed E-state index contributed by atoms with van der Waals surface area (Å²) in [4.78, 5) is 15.7. The maximum absolute atomic E-state index is 13.3. The smallest absolute Gasteiger partial charge is 0.337 e. The Morgan fingerprint density at radius 1 is 1.27 bits per heavy atom. The molecule has 0 radical (unpaired) electrons. The highest BCUT2D eigenvalue weighted by Gasteiger charge is 2.41. The van der Waals surface area contributed by atoms with Gasteiger partial charge in [-0.05, 0) is 54.9 Å². The van der Waals surface area contributed by atoms with E-state index in [0.29, 0.717) is 28.9 Å². The number of aromatic carboxylic acids is 1. The van der Waals surface area contributed by atoms with Crippen LogP contribution in [-0.2, 0) is 0 Å². The largest absolute Gasteiger partial charge is 0.478 e. The van der Waals surface area contributed by atoms with Crippen LogP contribution in [-0.4, -0.2) is 16.1 Å². The van der Waals surface area contributed by atoms with Gasteiger partial charge in [-0.25, -0.2) is 14.2 Å². The fourth-order valence-corrected chi connectivity index (χ4v) is 3.87. The summed E-state index contributed by atoms with van der Waals surface area (Å²) in [6, 6.07) is 6.20. The van der Waals surface area contributed by atoms with Crippen LogP contribution in [0.25, 0.3) is 0 Å². The molecule has 2 bridgehead atoms. The van der Waals surface area contributed by atoms with E-state index >= 15 is 0 Å². The fourth-order valence-electron chi connectivity index (χ4n) is 3.87. The normalized spacial score (nSPS) is 21.7. The van der Waals surface area contributed by atoms with Gasteiger partial charge in [0.1, 0.15) is 11.6 Å². The number of pyridine rings is 1. The summed E-state index contributed by atoms with van der Waals surface area (Å²) in [7, 11) is 0. The van der Waals surface area contributed by atoms with E-state index < -0.39 is 5.97 Å². The lowest BCUT2D eigenvalue weighted by atomic mass is 9.89. The third-order valence-electron chi connectivity index (χ3n) is 4.73. The minimum Gasteiger partial charge on any atom is -0.478 e. The van der Waals surface area contributed by atoms with Crippen LogP contribution in [0.3, 0.4) is 0 Å². The van der Waals surface area contributed by atoms with Gasteiger partial charge in [0.25, 0.3) is 0 Å². The topological polar surface area (TPSA) is 62.2 Å². The molecule has 1 saturated carbocycles. The van der Waals surface area contributed by atoms with Crippen LogP contribution in [0.4, 0.5) is 15.9 Å². The molecular formula is C17H15FN2O2. The van der Waals surface area contributed by atoms with E-state index in [4.69, 9.17) is 0 Å². The molecule has 112 valence electrons. The zero-order chi connectivity index (χ0) is 15.3. The molecule has 2 aromatic rings. The van der Waals surface area contributed by atoms with Crippen LogP contribution in [0.5, 0.6) is 0 Å². The summed E-state index contributed by atoms with van der Waals surface area (Å²) in [5.74, 6) is 0.113. The second-order valence-electron chi connectivity index (χ2n) is 6.00. The Hall–Kier alpha value is -2.43. The number of benzene rings is 1. The number of anilines is 2. The molecule has 2 aliphatic carbocycles. The maximum atomic E-state index is 13.3. The van der Waals surface area contributed by atoms with E-state index in [1.807, 2.05) is 0 Å². The predicted molar refractivity (Wildman–Crippen MR) is 80.2 cm³/mol. The Morgan fingerprint density at radius 3 is 2.77 bits per heavy atom. The second kappa shape index (κ2) is 4.80. The zero-order valence-corrected chi connectivity index (χ0v) is 11.8. The van der Waals surface area contributed by atoms with Crippen LogP contribution in [0.1, 0.15) is 52.6 Å². The Bertz CT molecular complexity index is 775. The molecular weight excluding hydrogens is 283 g/mol. The molecule has 0 aliphatic heterocycles. The molecule has 2 unspecified atom stereocenters. The third-order valence-corrected chi connectivity index (χ3v) is 4.73. The van der Waals surface area contributed by atoms with Gasteiger partial charge < -0.3 is 10.4 Å². The molecule has 22 heavy (non-hydrogen) atoms. The molecule has 0 amide bonds. The van der Waals surface area contributed by atoms with Gasteiger partial charge in [0, 0.05) is 17.4 Å². The highest BCUT2D eigenvalue weighted by Crippen LogP contribution is 2.56. The molecule has 2 aliphatic rings. The van der Waals surface area contributed by atoms with Gasteiger partial charge >= 0.3 is 5.97 Å². The molecule has 0 saturated heterocycles. The summed E-state index contributed by atoms with van der Waals surface area (Å²) in [6.45, 7) is 0. The van der Waals surface area contributed by atoms with Crippen LogP contribution in [0.2, 0.25) is 0 Å².